The van der Waals surface area contributed by atoms with Crippen molar-refractivity contribution in [2.45, 2.75) is 31.0 Å². The highest BCUT2D eigenvalue weighted by molar-refractivity contribution is 7.98. The van der Waals surface area contributed by atoms with E-state index in [4.69, 9.17) is 0 Å². The summed E-state index contributed by atoms with van der Waals surface area (Å²) in [7, 11) is 0. The first-order chi connectivity index (χ1) is 9.24. The molecule has 1 N–H and O–H groups in total. The van der Waals surface area contributed by atoms with Gasteiger partial charge in [0.05, 0.1) is 0 Å². The zero-order valence-electron chi connectivity index (χ0n) is 11.6. The Morgan fingerprint density at radius 2 is 1.95 bits per heavy atom. The van der Waals surface area contributed by atoms with Crippen LogP contribution in [0.5, 0.6) is 0 Å². The molecule has 0 aliphatic rings. The molecule has 1 nitrogen and oxygen atoms in total. The molecule has 0 spiro atoms. The minimum Gasteiger partial charge on any atom is -0.312 e. The molecule has 1 aromatic heterocycles. The lowest BCUT2D eigenvalue weighted by Gasteiger charge is -2.08. The van der Waals surface area contributed by atoms with Gasteiger partial charge in [0.25, 0.3) is 0 Å². The van der Waals surface area contributed by atoms with E-state index in [0.29, 0.717) is 5.92 Å². The van der Waals surface area contributed by atoms with Crippen LogP contribution in [0.15, 0.2) is 46.7 Å². The highest BCUT2D eigenvalue weighted by Gasteiger charge is 1.99. The predicted molar refractivity (Wildman–Crippen MR) is 86.9 cm³/mol. The average molecular weight is 291 g/mol. The maximum Gasteiger partial charge on any atom is 0.0326 e. The fraction of sp³-hybridized carbons (Fsp3) is 0.375. The van der Waals surface area contributed by atoms with Crippen molar-refractivity contribution in [2.24, 2.45) is 5.92 Å². The van der Waals surface area contributed by atoms with Crippen molar-refractivity contribution in [3.05, 3.63) is 52.2 Å². The van der Waals surface area contributed by atoms with Crippen molar-refractivity contribution in [3.63, 3.8) is 0 Å². The molecule has 2 rings (SSSR count). The monoisotopic (exact) mass is 291 g/mol. The summed E-state index contributed by atoms with van der Waals surface area (Å²) < 4.78 is 0. The first-order valence-electron chi connectivity index (χ1n) is 6.69. The van der Waals surface area contributed by atoms with Crippen molar-refractivity contribution in [2.75, 3.05) is 6.54 Å². The van der Waals surface area contributed by atoms with Gasteiger partial charge < -0.3 is 5.32 Å². The molecule has 0 amide bonds. The molecule has 0 atom stereocenters. The Bertz CT molecular complexity index is 460. The Hall–Kier alpha value is -0.770. The molecule has 0 aliphatic heterocycles. The molecular formula is C16H21NS2. The van der Waals surface area contributed by atoms with Gasteiger partial charge in [-0.2, -0.15) is 0 Å². The first-order valence-corrected chi connectivity index (χ1v) is 8.55. The number of nitrogens with one attached hydrogen (secondary N) is 1. The standard InChI is InChI=1S/C16H21NS2/c1-13(2)10-17-11-14-5-7-15(8-6-14)19-12-16-4-3-9-18-16/h3-9,13,17H,10-12H2,1-2H3. The van der Waals surface area contributed by atoms with Crippen LogP contribution < -0.4 is 5.32 Å². The van der Waals surface area contributed by atoms with Gasteiger partial charge in [-0.05, 0) is 41.6 Å². The van der Waals surface area contributed by atoms with Gasteiger partial charge in [-0.1, -0.05) is 32.0 Å². The summed E-state index contributed by atoms with van der Waals surface area (Å²) in [5, 5.41) is 5.61. The number of hydrogen-bond donors (Lipinski definition) is 1. The van der Waals surface area contributed by atoms with E-state index >= 15 is 0 Å². The smallest absolute Gasteiger partial charge is 0.0326 e. The summed E-state index contributed by atoms with van der Waals surface area (Å²) >= 11 is 3.73. The van der Waals surface area contributed by atoms with Crippen LogP contribution in [0.4, 0.5) is 0 Å². The van der Waals surface area contributed by atoms with Crippen molar-refractivity contribution >= 4 is 23.1 Å². The van der Waals surface area contributed by atoms with Crippen LogP contribution in [-0.2, 0) is 12.3 Å². The number of thiophene rings is 1. The predicted octanol–water partition coefficient (Wildman–Crippen LogP) is 4.79. The third kappa shape index (κ3) is 5.39. The van der Waals surface area contributed by atoms with Gasteiger partial charge in [0.2, 0.25) is 0 Å². The molecule has 0 unspecified atom stereocenters. The Labute approximate surface area is 124 Å². The van der Waals surface area contributed by atoms with E-state index in [1.54, 1.807) is 0 Å². The largest absolute Gasteiger partial charge is 0.312 e. The van der Waals surface area contributed by atoms with Crippen molar-refractivity contribution < 1.29 is 0 Å². The lowest BCUT2D eigenvalue weighted by molar-refractivity contribution is 0.552. The molecule has 0 aliphatic carbocycles. The van der Waals surface area contributed by atoms with Gasteiger partial charge >= 0.3 is 0 Å². The van der Waals surface area contributed by atoms with Crippen LogP contribution >= 0.6 is 23.1 Å². The van der Waals surface area contributed by atoms with Gasteiger partial charge in [-0.3, -0.25) is 0 Å². The fourth-order valence-electron chi connectivity index (χ4n) is 1.76. The van der Waals surface area contributed by atoms with Crippen molar-refractivity contribution in [1.82, 2.24) is 5.32 Å². The quantitative estimate of drug-likeness (QED) is 0.736. The van der Waals surface area contributed by atoms with Gasteiger partial charge in [0.1, 0.15) is 0 Å². The van der Waals surface area contributed by atoms with E-state index < -0.39 is 0 Å². The van der Waals surface area contributed by atoms with Crippen LogP contribution in [0.1, 0.15) is 24.3 Å². The summed E-state index contributed by atoms with van der Waals surface area (Å²) in [6.07, 6.45) is 0. The van der Waals surface area contributed by atoms with E-state index in [9.17, 15) is 0 Å². The Kier molecular flexibility index (Phi) is 5.95. The molecular weight excluding hydrogens is 270 g/mol. The number of thioether (sulfide) groups is 1. The maximum atomic E-state index is 3.47. The normalized spacial score (nSPS) is 11.1. The molecule has 0 bridgehead atoms. The van der Waals surface area contributed by atoms with Gasteiger partial charge in [-0.15, -0.1) is 23.1 Å². The van der Waals surface area contributed by atoms with Gasteiger partial charge in [0.15, 0.2) is 0 Å². The summed E-state index contributed by atoms with van der Waals surface area (Å²) in [5.41, 5.74) is 1.36. The van der Waals surface area contributed by atoms with Crippen molar-refractivity contribution in [3.8, 4) is 0 Å². The summed E-state index contributed by atoms with van der Waals surface area (Å²) in [4.78, 5) is 2.79. The van der Waals surface area contributed by atoms with E-state index in [-0.39, 0.29) is 0 Å². The van der Waals surface area contributed by atoms with Gasteiger partial charge in [0, 0.05) is 22.1 Å². The molecule has 0 fully saturated rings. The Balaban J connectivity index is 1.77. The van der Waals surface area contributed by atoms with Crippen LogP contribution in [0.3, 0.4) is 0 Å². The minimum atomic E-state index is 0.709. The molecule has 0 saturated carbocycles. The first kappa shape index (κ1) is 14.6. The molecule has 19 heavy (non-hydrogen) atoms. The zero-order valence-corrected chi connectivity index (χ0v) is 13.2. The second-order valence-corrected chi connectivity index (χ2v) is 7.12. The van der Waals surface area contributed by atoms with Crippen LogP contribution in [0.25, 0.3) is 0 Å². The molecule has 102 valence electrons. The molecule has 0 radical (unpaired) electrons. The van der Waals surface area contributed by atoms with Crippen LogP contribution in [-0.4, -0.2) is 6.54 Å². The third-order valence-corrected chi connectivity index (χ3v) is 4.89. The second kappa shape index (κ2) is 7.73. The Morgan fingerprint density at radius 3 is 2.58 bits per heavy atom. The highest BCUT2D eigenvalue weighted by atomic mass is 32.2. The van der Waals surface area contributed by atoms with Crippen molar-refractivity contribution in [1.29, 1.82) is 0 Å². The molecule has 2 aromatic rings. The lowest BCUT2D eigenvalue weighted by Crippen LogP contribution is -2.18. The van der Waals surface area contributed by atoms with Crippen LogP contribution in [0, 0.1) is 5.92 Å². The SMILES string of the molecule is CC(C)CNCc1ccc(SCc2cccs2)cc1. The summed E-state index contributed by atoms with van der Waals surface area (Å²) in [5.74, 6) is 1.78. The van der Waals surface area contributed by atoms with E-state index in [2.05, 4.69) is 60.9 Å². The number of rotatable bonds is 7. The van der Waals surface area contributed by atoms with E-state index in [0.717, 1.165) is 18.8 Å². The molecule has 3 heteroatoms. The van der Waals surface area contributed by atoms with Gasteiger partial charge in [-0.25, -0.2) is 0 Å². The van der Waals surface area contributed by atoms with E-state index in [1.807, 2.05) is 23.1 Å². The minimum absolute atomic E-state index is 0.709. The molecule has 0 saturated heterocycles. The van der Waals surface area contributed by atoms with Crippen LogP contribution in [0.2, 0.25) is 0 Å². The molecule has 1 aromatic carbocycles. The number of hydrogen-bond acceptors (Lipinski definition) is 3. The third-order valence-electron chi connectivity index (χ3n) is 2.77. The molecule has 1 heterocycles. The highest BCUT2D eigenvalue weighted by Crippen LogP contribution is 2.25. The number of benzene rings is 1. The maximum absolute atomic E-state index is 3.47. The average Bonchev–Trinajstić information content (AvgIpc) is 2.90. The summed E-state index contributed by atoms with van der Waals surface area (Å²) in [6, 6.07) is 13.2. The fourth-order valence-corrected chi connectivity index (χ4v) is 3.43. The Morgan fingerprint density at radius 1 is 1.16 bits per heavy atom. The zero-order chi connectivity index (χ0) is 13.5. The lowest BCUT2D eigenvalue weighted by atomic mass is 10.2. The second-order valence-electron chi connectivity index (χ2n) is 5.04. The summed E-state index contributed by atoms with van der Waals surface area (Å²) in [6.45, 7) is 6.51. The topological polar surface area (TPSA) is 12.0 Å². The van der Waals surface area contributed by atoms with E-state index in [1.165, 1.54) is 15.3 Å².